The monoisotopic (exact) mass is 502 g/mol. The molecule has 34 heavy (non-hydrogen) atoms. The highest BCUT2D eigenvalue weighted by atomic mass is 32.2. The lowest BCUT2D eigenvalue weighted by molar-refractivity contribution is -0.121. The van der Waals surface area contributed by atoms with Crippen LogP contribution in [0, 0.1) is 0 Å². The number of fused-ring (bicyclic) bond motifs is 1. The second-order valence-corrected chi connectivity index (χ2v) is 10.2. The predicted molar refractivity (Wildman–Crippen MR) is 136 cm³/mol. The zero-order chi connectivity index (χ0) is 24.4. The summed E-state index contributed by atoms with van der Waals surface area (Å²) < 4.78 is 16.1. The van der Waals surface area contributed by atoms with Gasteiger partial charge in [0.05, 0.1) is 51.7 Å². The minimum atomic E-state index is 0.0733. The van der Waals surface area contributed by atoms with Crippen LogP contribution in [0.2, 0.25) is 0 Å². The smallest absolute Gasteiger partial charge is 0.318 e. The highest BCUT2D eigenvalue weighted by Gasteiger charge is 2.47. The SMILES string of the molecule is CCCCCCN1C(=O)N[C@H]2CS[C@@H](CCCCC(=O)NCCOCCOCCOCCN)[C@H]21. The summed E-state index contributed by atoms with van der Waals surface area (Å²) in [5, 5.41) is 6.56. The number of nitrogens with zero attached hydrogens (tertiary/aromatic N) is 1. The van der Waals surface area contributed by atoms with E-state index in [1.54, 1.807) is 0 Å². The Morgan fingerprint density at radius 1 is 1.06 bits per heavy atom. The molecule has 0 unspecified atom stereocenters. The molecule has 0 bridgehead atoms. The van der Waals surface area contributed by atoms with Gasteiger partial charge in [-0.2, -0.15) is 11.8 Å². The van der Waals surface area contributed by atoms with Crippen molar-refractivity contribution in [2.24, 2.45) is 5.73 Å². The van der Waals surface area contributed by atoms with Crippen LogP contribution in [0.15, 0.2) is 0 Å². The standard InChI is InChI=1S/C24H46N4O5S/c1-2-3-4-7-12-28-23-20(27-24(28)30)19-34-21(23)8-5-6-9-22(29)26-11-14-32-16-18-33-17-15-31-13-10-25/h20-21,23H,2-19,25H2,1H3,(H,26,29)(H,27,30)/t20-,21-,23-/m0/s1. The van der Waals surface area contributed by atoms with Gasteiger partial charge in [0.1, 0.15) is 0 Å². The zero-order valence-electron chi connectivity index (χ0n) is 20.9. The Balaban J connectivity index is 1.47. The van der Waals surface area contributed by atoms with Gasteiger partial charge in [0.2, 0.25) is 5.91 Å². The number of nitrogens with two attached hydrogens (primary N) is 1. The third-order valence-corrected chi connectivity index (χ3v) is 7.68. The fourth-order valence-electron chi connectivity index (χ4n) is 4.43. The Morgan fingerprint density at radius 3 is 2.53 bits per heavy atom. The summed E-state index contributed by atoms with van der Waals surface area (Å²) in [6.45, 7) is 7.23. The van der Waals surface area contributed by atoms with Crippen LogP contribution in [0.4, 0.5) is 4.79 Å². The van der Waals surface area contributed by atoms with E-state index in [1.165, 1.54) is 19.3 Å². The molecular formula is C24H46N4O5S. The highest BCUT2D eigenvalue weighted by Crippen LogP contribution is 2.37. The van der Waals surface area contributed by atoms with Gasteiger partial charge in [-0.15, -0.1) is 0 Å². The Hall–Kier alpha value is -1.07. The molecular weight excluding hydrogens is 456 g/mol. The Bertz CT molecular complexity index is 571. The summed E-state index contributed by atoms with van der Waals surface area (Å²) >= 11 is 1.98. The molecule has 3 amide bonds. The van der Waals surface area contributed by atoms with Crippen molar-refractivity contribution in [2.75, 3.05) is 65.0 Å². The molecule has 4 N–H and O–H groups in total. The molecule has 2 heterocycles. The quantitative estimate of drug-likeness (QED) is 0.163. The van der Waals surface area contributed by atoms with Gasteiger partial charge in [0.25, 0.3) is 0 Å². The average Bonchev–Trinajstić information content (AvgIpc) is 3.36. The molecule has 10 heteroatoms. The molecule has 0 radical (unpaired) electrons. The molecule has 9 nitrogen and oxygen atoms in total. The van der Waals surface area contributed by atoms with E-state index in [4.69, 9.17) is 19.9 Å². The van der Waals surface area contributed by atoms with E-state index in [2.05, 4.69) is 22.5 Å². The number of carbonyl (C=O) groups excluding carboxylic acids is 2. The van der Waals surface area contributed by atoms with Crippen LogP contribution in [0.3, 0.4) is 0 Å². The second kappa shape index (κ2) is 18.2. The number of rotatable bonds is 21. The number of nitrogens with one attached hydrogen (secondary N) is 2. The van der Waals surface area contributed by atoms with Crippen LogP contribution >= 0.6 is 11.8 Å². The van der Waals surface area contributed by atoms with E-state index in [1.807, 2.05) is 11.8 Å². The zero-order valence-corrected chi connectivity index (χ0v) is 21.8. The second-order valence-electron chi connectivity index (χ2n) is 8.89. The van der Waals surface area contributed by atoms with Gasteiger partial charge in [0, 0.05) is 37.1 Å². The third kappa shape index (κ3) is 11.1. The predicted octanol–water partition coefficient (Wildman–Crippen LogP) is 2.13. The van der Waals surface area contributed by atoms with Crippen molar-refractivity contribution in [3.05, 3.63) is 0 Å². The van der Waals surface area contributed by atoms with Crippen LogP contribution in [0.25, 0.3) is 0 Å². The van der Waals surface area contributed by atoms with E-state index in [-0.39, 0.29) is 18.0 Å². The molecule has 3 atom stereocenters. The molecule has 0 aromatic heterocycles. The molecule has 0 saturated carbocycles. The van der Waals surface area contributed by atoms with Gasteiger partial charge >= 0.3 is 6.03 Å². The fraction of sp³-hybridized carbons (Fsp3) is 0.917. The van der Waals surface area contributed by atoms with Crippen molar-refractivity contribution >= 4 is 23.7 Å². The third-order valence-electron chi connectivity index (χ3n) is 6.18. The van der Waals surface area contributed by atoms with Crippen LogP contribution in [0.1, 0.15) is 58.3 Å². The summed E-state index contributed by atoms with van der Waals surface area (Å²) in [5.74, 6) is 1.07. The van der Waals surface area contributed by atoms with E-state index < -0.39 is 0 Å². The molecule has 2 saturated heterocycles. The van der Waals surface area contributed by atoms with E-state index in [0.29, 0.717) is 70.4 Å². The maximum atomic E-state index is 12.4. The number of hydrogen-bond donors (Lipinski definition) is 3. The minimum absolute atomic E-state index is 0.0733. The molecule has 0 aromatic rings. The lowest BCUT2D eigenvalue weighted by Crippen LogP contribution is -2.41. The normalized spacial score (nSPS) is 21.6. The van der Waals surface area contributed by atoms with Crippen LogP contribution in [0.5, 0.6) is 0 Å². The summed E-state index contributed by atoms with van der Waals surface area (Å²) in [5.41, 5.74) is 5.33. The lowest BCUT2D eigenvalue weighted by atomic mass is 10.0. The van der Waals surface area contributed by atoms with Crippen molar-refractivity contribution < 1.29 is 23.8 Å². The largest absolute Gasteiger partial charge is 0.378 e. The Morgan fingerprint density at radius 2 is 1.79 bits per heavy atom. The number of thioether (sulfide) groups is 1. The van der Waals surface area contributed by atoms with Gasteiger partial charge in [-0.05, 0) is 19.3 Å². The maximum Gasteiger partial charge on any atom is 0.318 e. The number of carbonyl (C=O) groups is 2. The molecule has 0 spiro atoms. The first-order chi connectivity index (χ1) is 16.7. The van der Waals surface area contributed by atoms with Crippen LogP contribution in [-0.4, -0.2) is 99.2 Å². The van der Waals surface area contributed by atoms with Gasteiger partial charge in [0.15, 0.2) is 0 Å². The van der Waals surface area contributed by atoms with Gasteiger partial charge < -0.3 is 35.5 Å². The molecule has 2 rings (SSSR count). The molecule has 2 aliphatic rings. The summed E-state index contributed by atoms with van der Waals surface area (Å²) in [4.78, 5) is 26.5. The van der Waals surface area contributed by atoms with Crippen molar-refractivity contribution in [1.29, 1.82) is 0 Å². The van der Waals surface area contributed by atoms with E-state index >= 15 is 0 Å². The minimum Gasteiger partial charge on any atom is -0.378 e. The number of ether oxygens (including phenoxy) is 3. The summed E-state index contributed by atoms with van der Waals surface area (Å²) in [6.07, 6.45) is 8.19. The number of hydrogen-bond acceptors (Lipinski definition) is 7. The van der Waals surface area contributed by atoms with E-state index in [9.17, 15) is 9.59 Å². The molecule has 198 valence electrons. The van der Waals surface area contributed by atoms with Gasteiger partial charge in [-0.25, -0.2) is 4.79 Å². The van der Waals surface area contributed by atoms with Crippen LogP contribution in [-0.2, 0) is 19.0 Å². The lowest BCUT2D eigenvalue weighted by Gasteiger charge is -2.27. The van der Waals surface area contributed by atoms with Crippen molar-refractivity contribution in [3.8, 4) is 0 Å². The summed E-state index contributed by atoms with van der Waals surface area (Å²) in [7, 11) is 0. The number of amides is 3. The van der Waals surface area contributed by atoms with Gasteiger partial charge in [-0.1, -0.05) is 32.6 Å². The van der Waals surface area contributed by atoms with Crippen molar-refractivity contribution in [2.45, 2.75) is 75.6 Å². The topological polar surface area (TPSA) is 115 Å². The molecule has 0 aliphatic carbocycles. The molecule has 0 aromatic carbocycles. The van der Waals surface area contributed by atoms with E-state index in [0.717, 1.165) is 38.0 Å². The first-order valence-corrected chi connectivity index (χ1v) is 14.1. The fourth-order valence-corrected chi connectivity index (χ4v) is 6.03. The first-order valence-electron chi connectivity index (χ1n) is 13.1. The number of unbranched alkanes of at least 4 members (excludes halogenated alkanes) is 4. The number of urea groups is 1. The maximum absolute atomic E-state index is 12.4. The summed E-state index contributed by atoms with van der Waals surface area (Å²) in [6, 6.07) is 0.709. The highest BCUT2D eigenvalue weighted by molar-refractivity contribution is 8.00. The van der Waals surface area contributed by atoms with Crippen molar-refractivity contribution in [1.82, 2.24) is 15.5 Å². The van der Waals surface area contributed by atoms with Crippen LogP contribution < -0.4 is 16.4 Å². The average molecular weight is 503 g/mol. The molecule has 2 fully saturated rings. The molecule has 2 aliphatic heterocycles. The Labute approximate surface area is 209 Å². The first kappa shape index (κ1) is 29.2. The van der Waals surface area contributed by atoms with Gasteiger partial charge in [-0.3, -0.25) is 4.79 Å². The van der Waals surface area contributed by atoms with Crippen molar-refractivity contribution in [3.63, 3.8) is 0 Å². The Kier molecular flexibility index (Phi) is 15.6.